The summed E-state index contributed by atoms with van der Waals surface area (Å²) in [6.45, 7) is 5.27. The summed E-state index contributed by atoms with van der Waals surface area (Å²) in [5, 5.41) is 3.55. The topological polar surface area (TPSA) is 76.7 Å². The number of nitrogens with zero attached hydrogens (tertiary/aromatic N) is 1. The number of nitrogens with two attached hydrogens (primary N) is 1. The van der Waals surface area contributed by atoms with Gasteiger partial charge in [-0.3, -0.25) is 0 Å². The van der Waals surface area contributed by atoms with Crippen LogP contribution in [0.4, 0.5) is 4.79 Å². The van der Waals surface area contributed by atoms with Crippen molar-refractivity contribution in [3.05, 3.63) is 0 Å². The Hall–Kier alpha value is -1.10. The number of rotatable bonds is 3. The van der Waals surface area contributed by atoms with Gasteiger partial charge in [-0.1, -0.05) is 0 Å². The van der Waals surface area contributed by atoms with E-state index in [0.717, 1.165) is 0 Å². The highest BCUT2D eigenvalue weighted by molar-refractivity contribution is 5.70. The molecule has 0 rings (SSSR count). The van der Waals surface area contributed by atoms with Crippen LogP contribution < -0.4 is 11.2 Å². The fraction of sp³-hybridized carbons (Fsp3) is 0.714. The van der Waals surface area contributed by atoms with Gasteiger partial charge in [-0.2, -0.15) is 5.10 Å². The summed E-state index contributed by atoms with van der Waals surface area (Å²) in [4.78, 5) is 10.7. The summed E-state index contributed by atoms with van der Waals surface area (Å²) < 4.78 is 4.73. The van der Waals surface area contributed by atoms with Crippen molar-refractivity contribution in [1.29, 1.82) is 0 Å². The lowest BCUT2D eigenvalue weighted by Crippen LogP contribution is -2.24. The van der Waals surface area contributed by atoms with Crippen LogP contribution in [-0.4, -0.2) is 24.5 Å². The molecule has 0 aromatic carbocycles. The lowest BCUT2D eigenvalue weighted by Gasteiger charge is -2.05. The Morgan fingerprint density at radius 1 is 1.58 bits per heavy atom. The van der Waals surface area contributed by atoms with Gasteiger partial charge < -0.3 is 10.5 Å². The van der Waals surface area contributed by atoms with E-state index in [0.29, 0.717) is 0 Å². The van der Waals surface area contributed by atoms with E-state index in [1.165, 1.54) is 6.21 Å². The second-order valence-electron chi connectivity index (χ2n) is 2.70. The van der Waals surface area contributed by atoms with E-state index in [2.05, 4.69) is 10.5 Å². The quantitative estimate of drug-likeness (QED) is 0.480. The first-order valence-electron chi connectivity index (χ1n) is 3.77. The lowest BCUT2D eigenvalue weighted by molar-refractivity contribution is 0.116. The van der Waals surface area contributed by atoms with Gasteiger partial charge in [0.1, 0.15) is 0 Å². The minimum Gasteiger partial charge on any atom is -0.446 e. The monoisotopic (exact) mass is 173 g/mol. The van der Waals surface area contributed by atoms with Gasteiger partial charge in [0, 0.05) is 12.3 Å². The van der Waals surface area contributed by atoms with Crippen LogP contribution in [0.5, 0.6) is 0 Å². The number of carbonyl (C=O) groups is 1. The molecule has 3 N–H and O–H groups in total. The van der Waals surface area contributed by atoms with E-state index in [1.54, 1.807) is 20.8 Å². The first kappa shape index (κ1) is 10.9. The summed E-state index contributed by atoms with van der Waals surface area (Å²) >= 11 is 0. The van der Waals surface area contributed by atoms with E-state index in [9.17, 15) is 4.79 Å². The summed E-state index contributed by atoms with van der Waals surface area (Å²) in [6, 6.07) is -0.177. The highest BCUT2D eigenvalue weighted by Crippen LogP contribution is 1.87. The molecule has 0 aromatic heterocycles. The molecular formula is C7H15N3O2. The molecule has 12 heavy (non-hydrogen) atoms. The van der Waals surface area contributed by atoms with Crippen molar-refractivity contribution in [2.75, 3.05) is 0 Å². The zero-order chi connectivity index (χ0) is 9.56. The van der Waals surface area contributed by atoms with E-state index in [-0.39, 0.29) is 12.1 Å². The van der Waals surface area contributed by atoms with E-state index in [1.807, 2.05) is 0 Å². The standard InChI is InChI=1S/C7H15N3O2/c1-5(2)12-7(11)10-9-4-6(3)8/h4-6H,8H2,1-3H3,(H,10,11)/b9-4+. The molecule has 1 atom stereocenters. The minimum atomic E-state index is -0.568. The maximum absolute atomic E-state index is 10.7. The molecule has 0 aliphatic heterocycles. The zero-order valence-electron chi connectivity index (χ0n) is 7.57. The fourth-order valence-corrected chi connectivity index (χ4v) is 0.448. The van der Waals surface area contributed by atoms with Crippen LogP contribution in [0.2, 0.25) is 0 Å². The van der Waals surface area contributed by atoms with E-state index < -0.39 is 6.09 Å². The van der Waals surface area contributed by atoms with Gasteiger partial charge in [0.2, 0.25) is 0 Å². The molecule has 0 spiro atoms. The average Bonchev–Trinajstić information content (AvgIpc) is 1.84. The molecule has 1 unspecified atom stereocenters. The largest absolute Gasteiger partial charge is 0.446 e. The van der Waals surface area contributed by atoms with Gasteiger partial charge >= 0.3 is 6.09 Å². The Morgan fingerprint density at radius 3 is 2.58 bits per heavy atom. The number of hydrogen-bond donors (Lipinski definition) is 2. The van der Waals surface area contributed by atoms with Crippen LogP contribution in [0.3, 0.4) is 0 Å². The average molecular weight is 173 g/mol. The van der Waals surface area contributed by atoms with Crippen molar-refractivity contribution in [1.82, 2.24) is 5.43 Å². The molecule has 0 aromatic rings. The van der Waals surface area contributed by atoms with Crippen molar-refractivity contribution < 1.29 is 9.53 Å². The SMILES string of the molecule is CC(N)/C=N/NC(=O)OC(C)C. The van der Waals surface area contributed by atoms with Crippen LogP contribution in [0.25, 0.3) is 0 Å². The molecule has 0 radical (unpaired) electrons. The van der Waals surface area contributed by atoms with Crippen molar-refractivity contribution >= 4 is 12.3 Å². The first-order chi connectivity index (χ1) is 5.52. The summed E-state index contributed by atoms with van der Waals surface area (Å²) in [6.07, 6.45) is 0.707. The summed E-state index contributed by atoms with van der Waals surface area (Å²) in [5.41, 5.74) is 7.51. The van der Waals surface area contributed by atoms with Crippen molar-refractivity contribution in [2.24, 2.45) is 10.8 Å². The number of amides is 1. The second kappa shape index (κ2) is 5.54. The van der Waals surface area contributed by atoms with Crippen LogP contribution in [0, 0.1) is 0 Å². The number of ether oxygens (including phenoxy) is 1. The summed E-state index contributed by atoms with van der Waals surface area (Å²) in [5.74, 6) is 0. The van der Waals surface area contributed by atoms with Crippen LogP contribution in [-0.2, 0) is 4.74 Å². The Labute approximate surface area is 72.0 Å². The maximum Gasteiger partial charge on any atom is 0.427 e. The molecule has 1 amide bonds. The highest BCUT2D eigenvalue weighted by atomic mass is 16.6. The molecule has 0 heterocycles. The predicted molar refractivity (Wildman–Crippen MR) is 46.9 cm³/mol. The third-order valence-corrected chi connectivity index (χ3v) is 0.808. The van der Waals surface area contributed by atoms with E-state index >= 15 is 0 Å². The number of hydrogen-bond acceptors (Lipinski definition) is 4. The normalized spacial score (nSPS) is 13.4. The van der Waals surface area contributed by atoms with Gasteiger partial charge in [-0.15, -0.1) is 0 Å². The smallest absolute Gasteiger partial charge is 0.427 e. The molecule has 0 aliphatic carbocycles. The lowest BCUT2D eigenvalue weighted by atomic mass is 10.4. The second-order valence-corrected chi connectivity index (χ2v) is 2.70. The molecular weight excluding hydrogens is 158 g/mol. The number of carbonyl (C=O) groups excluding carboxylic acids is 1. The molecule has 0 bridgehead atoms. The Balaban J connectivity index is 3.57. The van der Waals surface area contributed by atoms with Crippen LogP contribution in [0.1, 0.15) is 20.8 Å². The summed E-state index contributed by atoms with van der Waals surface area (Å²) in [7, 11) is 0. The van der Waals surface area contributed by atoms with Gasteiger partial charge in [-0.05, 0) is 20.8 Å². The molecule has 0 saturated carbocycles. The molecule has 0 saturated heterocycles. The third kappa shape index (κ3) is 7.01. The van der Waals surface area contributed by atoms with Crippen LogP contribution >= 0.6 is 0 Å². The molecule has 5 nitrogen and oxygen atoms in total. The Kier molecular flexibility index (Phi) is 5.03. The first-order valence-corrected chi connectivity index (χ1v) is 3.77. The van der Waals surface area contributed by atoms with Gasteiger partial charge in [0.05, 0.1) is 6.10 Å². The van der Waals surface area contributed by atoms with Crippen molar-refractivity contribution in [2.45, 2.75) is 32.9 Å². The highest BCUT2D eigenvalue weighted by Gasteiger charge is 2.01. The molecule has 70 valence electrons. The van der Waals surface area contributed by atoms with Crippen LogP contribution in [0.15, 0.2) is 5.10 Å². The maximum atomic E-state index is 10.7. The third-order valence-electron chi connectivity index (χ3n) is 0.808. The van der Waals surface area contributed by atoms with Gasteiger partial charge in [0.25, 0.3) is 0 Å². The van der Waals surface area contributed by atoms with E-state index in [4.69, 9.17) is 10.5 Å². The van der Waals surface area contributed by atoms with Gasteiger partial charge in [-0.25, -0.2) is 10.2 Å². The number of hydrazone groups is 1. The van der Waals surface area contributed by atoms with Gasteiger partial charge in [0.15, 0.2) is 0 Å². The molecule has 0 aliphatic rings. The number of nitrogens with one attached hydrogen (secondary N) is 1. The fourth-order valence-electron chi connectivity index (χ4n) is 0.448. The van der Waals surface area contributed by atoms with Crippen molar-refractivity contribution in [3.8, 4) is 0 Å². The van der Waals surface area contributed by atoms with Crippen molar-refractivity contribution in [3.63, 3.8) is 0 Å². The minimum absolute atomic E-state index is 0.143. The molecule has 5 heteroatoms. The predicted octanol–water partition coefficient (Wildman–Crippen LogP) is 0.454. The Morgan fingerprint density at radius 2 is 2.17 bits per heavy atom. The zero-order valence-corrected chi connectivity index (χ0v) is 7.57. The molecule has 0 fully saturated rings. The Bertz CT molecular complexity index is 166.